The molecule has 2 rings (SSSR count). The summed E-state index contributed by atoms with van der Waals surface area (Å²) in [6.45, 7) is 23.3. The van der Waals surface area contributed by atoms with Crippen LogP contribution in [0.25, 0.3) is 0 Å². The summed E-state index contributed by atoms with van der Waals surface area (Å²) in [5, 5.41) is 0.184. The molecule has 2 saturated heterocycles. The average molecular weight is 342 g/mol. The van der Waals surface area contributed by atoms with E-state index in [9.17, 15) is 0 Å². The van der Waals surface area contributed by atoms with Gasteiger partial charge in [-0.15, -0.1) is 6.58 Å². The minimum Gasteiger partial charge on any atom is -0.410 e. The fraction of sp³-hybridized carbons (Fsp3) is 0.889. The molecule has 2 aliphatic rings. The molecule has 0 unspecified atom stereocenters. The van der Waals surface area contributed by atoms with Gasteiger partial charge in [0.05, 0.1) is 6.10 Å². The number of hydrogen-bond acceptors (Lipinski definition) is 4. The molecule has 2 fully saturated rings. The molecule has 0 spiro atoms. The summed E-state index contributed by atoms with van der Waals surface area (Å²) in [4.78, 5) is 2.40. The third-order valence-corrected chi connectivity index (χ3v) is 10.1. The standard InChI is InChI=1S/C18H35NO3Si/c1-10-11-19-12-14(22-23(8,9)17(3,4)5)16-15(13(19)2)20-18(6,7)21-16/h10,13-16H,1,11-12H2,2-9H3/t13-,14+,15-,16+/m0/s1. The fourth-order valence-corrected chi connectivity index (χ4v) is 4.57. The molecule has 0 aromatic carbocycles. The lowest BCUT2D eigenvalue weighted by Gasteiger charge is -2.47. The van der Waals surface area contributed by atoms with Gasteiger partial charge in [-0.05, 0) is 38.9 Å². The zero-order valence-corrected chi connectivity index (χ0v) is 17.2. The minimum atomic E-state index is -1.86. The highest BCUT2D eigenvalue weighted by Gasteiger charge is 2.54. The summed E-state index contributed by atoms with van der Waals surface area (Å²) in [5.74, 6) is -0.539. The lowest BCUT2D eigenvalue weighted by molar-refractivity contribution is -0.152. The number of piperidine rings is 1. The molecule has 23 heavy (non-hydrogen) atoms. The van der Waals surface area contributed by atoms with Crippen LogP contribution in [0.4, 0.5) is 0 Å². The summed E-state index contributed by atoms with van der Waals surface area (Å²) in [7, 11) is -1.86. The number of rotatable bonds is 4. The summed E-state index contributed by atoms with van der Waals surface area (Å²) < 4.78 is 19.2. The second kappa shape index (κ2) is 6.26. The normalized spacial score (nSPS) is 35.1. The van der Waals surface area contributed by atoms with Gasteiger partial charge in [0.25, 0.3) is 0 Å². The van der Waals surface area contributed by atoms with Crippen molar-refractivity contribution in [3.63, 3.8) is 0 Å². The van der Waals surface area contributed by atoms with Crippen LogP contribution in [0.15, 0.2) is 12.7 Å². The van der Waals surface area contributed by atoms with Crippen molar-refractivity contribution in [3.05, 3.63) is 12.7 Å². The van der Waals surface area contributed by atoms with Gasteiger partial charge in [-0.1, -0.05) is 26.8 Å². The Kier molecular flexibility index (Phi) is 5.21. The lowest BCUT2D eigenvalue weighted by Crippen LogP contribution is -2.62. The van der Waals surface area contributed by atoms with E-state index >= 15 is 0 Å². The maximum Gasteiger partial charge on any atom is 0.192 e. The topological polar surface area (TPSA) is 30.9 Å². The van der Waals surface area contributed by atoms with E-state index in [1.165, 1.54) is 0 Å². The number of fused-ring (bicyclic) bond motifs is 1. The molecule has 0 bridgehead atoms. The van der Waals surface area contributed by atoms with Gasteiger partial charge in [0, 0.05) is 19.1 Å². The molecule has 5 heteroatoms. The second-order valence-corrected chi connectivity index (χ2v) is 13.7. The van der Waals surface area contributed by atoms with Crippen molar-refractivity contribution >= 4 is 8.32 Å². The van der Waals surface area contributed by atoms with Crippen molar-refractivity contribution in [2.45, 2.75) is 89.8 Å². The van der Waals surface area contributed by atoms with E-state index in [2.05, 4.69) is 52.3 Å². The SMILES string of the molecule is C=CCN1C[C@@H](O[Si](C)(C)C(C)(C)C)[C@H]2OC(C)(C)O[C@H]2[C@@H]1C. The van der Waals surface area contributed by atoms with Crippen LogP contribution in [0.5, 0.6) is 0 Å². The highest BCUT2D eigenvalue weighted by atomic mass is 28.4. The van der Waals surface area contributed by atoms with Crippen LogP contribution < -0.4 is 0 Å². The van der Waals surface area contributed by atoms with Gasteiger partial charge < -0.3 is 13.9 Å². The highest BCUT2D eigenvalue weighted by Crippen LogP contribution is 2.42. The predicted octanol–water partition coefficient (Wildman–Crippen LogP) is 3.79. The van der Waals surface area contributed by atoms with E-state index in [4.69, 9.17) is 13.9 Å². The largest absolute Gasteiger partial charge is 0.410 e. The molecule has 4 nitrogen and oxygen atoms in total. The Bertz CT molecular complexity index is 444. The Labute approximate surface area is 143 Å². The summed E-state index contributed by atoms with van der Waals surface area (Å²) >= 11 is 0. The summed E-state index contributed by atoms with van der Waals surface area (Å²) in [6.07, 6.45) is 2.07. The smallest absolute Gasteiger partial charge is 0.192 e. The molecule has 0 amide bonds. The number of ether oxygens (including phenoxy) is 2. The average Bonchev–Trinajstić information content (AvgIpc) is 2.70. The van der Waals surface area contributed by atoms with E-state index in [0.29, 0.717) is 6.04 Å². The molecule has 0 radical (unpaired) electrons. The Morgan fingerprint density at radius 1 is 1.26 bits per heavy atom. The van der Waals surface area contributed by atoms with Crippen molar-refractivity contribution in [2.75, 3.05) is 13.1 Å². The molecular weight excluding hydrogens is 306 g/mol. The van der Waals surface area contributed by atoms with E-state index in [1.54, 1.807) is 0 Å². The summed E-state index contributed by atoms with van der Waals surface area (Å²) in [5.41, 5.74) is 0. The molecule has 0 aromatic heterocycles. The minimum absolute atomic E-state index is 0.00944. The van der Waals surface area contributed by atoms with Crippen LogP contribution in [0.3, 0.4) is 0 Å². The number of hydrogen-bond donors (Lipinski definition) is 0. The molecule has 4 atom stereocenters. The first kappa shape index (κ1) is 19.1. The highest BCUT2D eigenvalue weighted by molar-refractivity contribution is 6.74. The fourth-order valence-electron chi connectivity index (χ4n) is 3.25. The second-order valence-electron chi connectivity index (χ2n) is 8.96. The van der Waals surface area contributed by atoms with E-state index < -0.39 is 14.1 Å². The number of nitrogens with zero attached hydrogens (tertiary/aromatic N) is 1. The van der Waals surface area contributed by atoms with Gasteiger partial charge in [-0.2, -0.15) is 0 Å². The quantitative estimate of drug-likeness (QED) is 0.575. The van der Waals surface area contributed by atoms with Crippen molar-refractivity contribution in [3.8, 4) is 0 Å². The monoisotopic (exact) mass is 341 g/mol. The lowest BCUT2D eigenvalue weighted by atomic mass is 9.95. The van der Waals surface area contributed by atoms with Crippen molar-refractivity contribution in [1.29, 1.82) is 0 Å². The molecule has 2 heterocycles. The molecule has 2 aliphatic heterocycles. The maximum atomic E-state index is 6.73. The molecule has 134 valence electrons. The Morgan fingerprint density at radius 3 is 2.35 bits per heavy atom. The predicted molar refractivity (Wildman–Crippen MR) is 97.1 cm³/mol. The maximum absolute atomic E-state index is 6.73. The number of likely N-dealkylation sites (tertiary alicyclic amines) is 1. The van der Waals surface area contributed by atoms with Crippen molar-refractivity contribution in [2.24, 2.45) is 0 Å². The Hall–Kier alpha value is -0.203. The molecule has 0 aliphatic carbocycles. The first-order valence-corrected chi connectivity index (χ1v) is 11.7. The van der Waals surface area contributed by atoms with Crippen LogP contribution in [0.2, 0.25) is 18.1 Å². The van der Waals surface area contributed by atoms with Gasteiger partial charge in [0.15, 0.2) is 14.1 Å². The van der Waals surface area contributed by atoms with Crippen molar-refractivity contribution < 1.29 is 13.9 Å². The van der Waals surface area contributed by atoms with Crippen LogP contribution in [0.1, 0.15) is 41.5 Å². The van der Waals surface area contributed by atoms with Crippen LogP contribution >= 0.6 is 0 Å². The van der Waals surface area contributed by atoms with Gasteiger partial charge in [0.2, 0.25) is 0 Å². The summed E-state index contributed by atoms with van der Waals surface area (Å²) in [6, 6.07) is 0.305. The third-order valence-electron chi connectivity index (χ3n) is 5.61. The Morgan fingerprint density at radius 2 is 1.83 bits per heavy atom. The molecular formula is C18H35NO3Si. The molecule has 0 aromatic rings. The zero-order valence-electron chi connectivity index (χ0n) is 16.2. The first-order valence-electron chi connectivity index (χ1n) is 8.76. The van der Waals surface area contributed by atoms with E-state index in [-0.39, 0.29) is 23.4 Å². The third kappa shape index (κ3) is 3.90. The van der Waals surface area contributed by atoms with E-state index in [1.807, 2.05) is 19.9 Å². The zero-order chi connectivity index (χ0) is 17.6. The first-order chi connectivity index (χ1) is 10.4. The molecule has 0 N–H and O–H groups in total. The van der Waals surface area contributed by atoms with Gasteiger partial charge >= 0.3 is 0 Å². The van der Waals surface area contributed by atoms with E-state index in [0.717, 1.165) is 13.1 Å². The Balaban J connectivity index is 2.24. The van der Waals surface area contributed by atoms with Gasteiger partial charge in [-0.25, -0.2) is 0 Å². The van der Waals surface area contributed by atoms with Gasteiger partial charge in [0.1, 0.15) is 12.2 Å². The molecule has 0 saturated carbocycles. The van der Waals surface area contributed by atoms with Gasteiger partial charge in [-0.3, -0.25) is 4.90 Å². The van der Waals surface area contributed by atoms with Crippen LogP contribution in [0, 0.1) is 0 Å². The van der Waals surface area contributed by atoms with Crippen LogP contribution in [-0.2, 0) is 13.9 Å². The van der Waals surface area contributed by atoms with Crippen molar-refractivity contribution in [1.82, 2.24) is 4.90 Å². The van der Waals surface area contributed by atoms with Crippen LogP contribution in [-0.4, -0.2) is 56.4 Å².